The van der Waals surface area contributed by atoms with Gasteiger partial charge in [0.1, 0.15) is 17.9 Å². The van der Waals surface area contributed by atoms with Gasteiger partial charge in [-0.25, -0.2) is 0 Å². The number of hydrogen-bond acceptors (Lipinski definition) is 4. The fraction of sp³-hybridized carbons (Fsp3) is 0.450. The van der Waals surface area contributed by atoms with Crippen LogP contribution >= 0.6 is 0 Å². The highest BCUT2D eigenvalue weighted by Crippen LogP contribution is 2.46. The molecule has 1 N–H and O–H groups in total. The molecule has 3 saturated heterocycles. The van der Waals surface area contributed by atoms with Crippen molar-refractivity contribution >= 4 is 10.9 Å². The molecule has 5 rings (SSSR count). The number of benzene rings is 1. The first-order valence-electron chi connectivity index (χ1n) is 8.87. The molecule has 0 aliphatic carbocycles. The molecule has 0 amide bonds. The molecule has 1 aromatic carbocycles. The quantitative estimate of drug-likeness (QED) is 0.527. The zero-order valence-electron chi connectivity index (χ0n) is 14.5. The molecule has 1 aromatic heterocycles. The van der Waals surface area contributed by atoms with Gasteiger partial charge in [0.15, 0.2) is 0 Å². The Morgan fingerprint density at radius 1 is 1.44 bits per heavy atom. The summed E-state index contributed by atoms with van der Waals surface area (Å²) >= 11 is 0. The van der Waals surface area contributed by atoms with E-state index in [1.54, 1.807) is 13.3 Å². The summed E-state index contributed by atoms with van der Waals surface area (Å²) in [6, 6.07) is 7.12. The summed E-state index contributed by atoms with van der Waals surface area (Å²) in [6.07, 6.45) is 4.49. The lowest BCUT2D eigenvalue weighted by atomic mass is 9.73. The highest BCUT2D eigenvalue weighted by Gasteiger charge is 2.49. The van der Waals surface area contributed by atoms with E-state index in [1.807, 2.05) is 30.3 Å². The van der Waals surface area contributed by atoms with Crippen molar-refractivity contribution in [2.45, 2.75) is 25.0 Å². The summed E-state index contributed by atoms with van der Waals surface area (Å²) in [5.41, 5.74) is 1.57. The van der Waals surface area contributed by atoms with Crippen molar-refractivity contribution in [2.75, 3.05) is 20.2 Å². The Morgan fingerprint density at radius 2 is 2.28 bits per heavy atom. The molecule has 0 spiro atoms. The molecule has 4 heterocycles. The number of nitrogens with zero attached hydrogens (tertiary/aromatic N) is 2. The average molecular weight is 340 g/mol. The first-order chi connectivity index (χ1) is 12.1. The number of pyridine rings is 1. The molecular weight excluding hydrogens is 316 g/mol. The number of methoxy groups -OCH3 is 1. The van der Waals surface area contributed by atoms with Gasteiger partial charge in [0.2, 0.25) is 0 Å². The summed E-state index contributed by atoms with van der Waals surface area (Å²) < 4.78 is 5.00. The van der Waals surface area contributed by atoms with Gasteiger partial charge in [-0.3, -0.25) is 4.98 Å². The number of aliphatic hydroxyl groups excluding tert-OH is 1. The molecule has 25 heavy (non-hydrogen) atoms. The number of hydrogen-bond donors (Lipinski definition) is 1. The summed E-state index contributed by atoms with van der Waals surface area (Å²) in [6.45, 7) is 5.01. The zero-order chi connectivity index (χ0) is 17.6. The molecule has 3 aliphatic heterocycles. The lowest BCUT2D eigenvalue weighted by Gasteiger charge is -2.61. The van der Waals surface area contributed by atoms with Gasteiger partial charge < -0.3 is 19.7 Å². The van der Waals surface area contributed by atoms with Gasteiger partial charge >= 0.3 is 0 Å². The Balaban J connectivity index is 1.73. The molecular formula is C20H24N2O3. The van der Waals surface area contributed by atoms with Crippen molar-refractivity contribution in [1.82, 2.24) is 4.98 Å². The topological polar surface area (TPSA) is 65.4 Å². The molecule has 5 heteroatoms. The fourth-order valence-electron chi connectivity index (χ4n) is 4.68. The maximum absolute atomic E-state index is 13.4. The number of piperidine rings is 3. The fourth-order valence-corrected chi connectivity index (χ4v) is 4.68. The molecule has 132 valence electrons. The lowest BCUT2D eigenvalue weighted by molar-refractivity contribution is -0.929. The van der Waals surface area contributed by atoms with Crippen molar-refractivity contribution < 1.29 is 14.5 Å². The Kier molecular flexibility index (Phi) is 4.02. The van der Waals surface area contributed by atoms with Crippen LogP contribution in [-0.4, -0.2) is 41.0 Å². The molecule has 5 atom stereocenters. The van der Waals surface area contributed by atoms with Crippen molar-refractivity contribution in [2.24, 2.45) is 11.8 Å². The van der Waals surface area contributed by atoms with E-state index in [2.05, 4.69) is 11.6 Å². The van der Waals surface area contributed by atoms with Crippen LogP contribution in [0.25, 0.3) is 10.9 Å². The molecule has 0 radical (unpaired) electrons. The first-order valence-corrected chi connectivity index (χ1v) is 8.87. The van der Waals surface area contributed by atoms with E-state index in [4.69, 9.17) is 4.74 Å². The van der Waals surface area contributed by atoms with Gasteiger partial charge in [0.05, 0.1) is 25.7 Å². The average Bonchev–Trinajstić information content (AvgIpc) is 2.66. The van der Waals surface area contributed by atoms with Gasteiger partial charge in [-0.2, -0.15) is 0 Å². The molecule has 2 bridgehead atoms. The van der Waals surface area contributed by atoms with Crippen LogP contribution in [0.15, 0.2) is 43.1 Å². The van der Waals surface area contributed by atoms with Crippen LogP contribution in [0.1, 0.15) is 24.5 Å². The number of rotatable bonds is 4. The van der Waals surface area contributed by atoms with Crippen molar-refractivity contribution in [3.8, 4) is 5.75 Å². The summed E-state index contributed by atoms with van der Waals surface area (Å²) in [5, 5.41) is 25.4. The largest absolute Gasteiger partial charge is 0.632 e. The Morgan fingerprint density at radius 3 is 3.00 bits per heavy atom. The van der Waals surface area contributed by atoms with Crippen molar-refractivity contribution in [3.05, 3.63) is 53.9 Å². The van der Waals surface area contributed by atoms with Crippen LogP contribution in [0, 0.1) is 17.0 Å². The number of aromatic nitrogens is 1. The van der Waals surface area contributed by atoms with E-state index in [1.165, 1.54) is 0 Å². The van der Waals surface area contributed by atoms with E-state index in [-0.39, 0.29) is 16.6 Å². The summed E-state index contributed by atoms with van der Waals surface area (Å²) in [7, 11) is 1.62. The predicted molar refractivity (Wildman–Crippen MR) is 96.8 cm³/mol. The van der Waals surface area contributed by atoms with Gasteiger partial charge in [0.25, 0.3) is 0 Å². The minimum atomic E-state index is -0.802. The van der Waals surface area contributed by atoms with Gasteiger partial charge in [-0.05, 0) is 35.7 Å². The second-order valence-corrected chi connectivity index (χ2v) is 7.34. The van der Waals surface area contributed by atoms with Gasteiger partial charge in [-0.15, -0.1) is 6.58 Å². The second-order valence-electron chi connectivity index (χ2n) is 7.34. The predicted octanol–water partition coefficient (Wildman–Crippen LogP) is 3.19. The highest BCUT2D eigenvalue weighted by atomic mass is 16.6. The Bertz CT molecular complexity index is 809. The number of hydroxylamine groups is 3. The van der Waals surface area contributed by atoms with Crippen LogP contribution in [0.5, 0.6) is 5.75 Å². The van der Waals surface area contributed by atoms with E-state index in [9.17, 15) is 10.3 Å². The normalized spacial score (nSPS) is 32.5. The number of aliphatic hydroxyl groups is 1. The number of fused-ring (bicyclic) bond motifs is 4. The lowest BCUT2D eigenvalue weighted by Crippen LogP contribution is -2.64. The molecule has 3 aliphatic rings. The first kappa shape index (κ1) is 16.5. The van der Waals surface area contributed by atoms with Gasteiger partial charge in [0, 0.05) is 30.3 Å². The standard InChI is InChI=1S/C20H24N2O3/c1-3-13-12-22(24)9-7-14(13)10-19(22)20(23)16-6-8-21-18-5-4-15(25-2)11-17(16)18/h3-6,8,11,13-14,19-20,23H,1,7,9-10,12H2,2H3/t13-,14-,19+,20-,22?/m0/s1. The minimum absolute atomic E-state index is 0.268. The van der Waals surface area contributed by atoms with Crippen LogP contribution in [-0.2, 0) is 0 Å². The van der Waals surface area contributed by atoms with Gasteiger partial charge in [-0.1, -0.05) is 6.08 Å². The molecule has 5 nitrogen and oxygen atoms in total. The Labute approximate surface area is 147 Å². The third kappa shape index (κ3) is 2.63. The van der Waals surface area contributed by atoms with E-state index in [0.29, 0.717) is 19.0 Å². The number of quaternary nitrogens is 1. The van der Waals surface area contributed by atoms with E-state index >= 15 is 0 Å². The maximum atomic E-state index is 13.4. The Hall–Kier alpha value is -1.95. The van der Waals surface area contributed by atoms with Crippen molar-refractivity contribution in [3.63, 3.8) is 0 Å². The summed E-state index contributed by atoms with van der Waals surface area (Å²) in [4.78, 5) is 4.37. The molecule has 2 aromatic rings. The maximum Gasteiger partial charge on any atom is 0.132 e. The van der Waals surface area contributed by atoms with Crippen LogP contribution in [0.3, 0.4) is 0 Å². The minimum Gasteiger partial charge on any atom is -0.632 e. The zero-order valence-corrected chi connectivity index (χ0v) is 14.5. The SMILES string of the molecule is C=C[C@H]1C[N+]2([O-])CC[C@H]1C[C@@H]2[C@@H](O)c1ccnc2ccc(OC)cc12. The summed E-state index contributed by atoms with van der Waals surface area (Å²) in [5.74, 6) is 1.44. The van der Waals surface area contributed by atoms with E-state index < -0.39 is 6.10 Å². The van der Waals surface area contributed by atoms with Crippen LogP contribution in [0.4, 0.5) is 0 Å². The molecule has 0 saturated carbocycles. The van der Waals surface area contributed by atoms with Crippen molar-refractivity contribution in [1.29, 1.82) is 0 Å². The number of ether oxygens (including phenoxy) is 1. The molecule has 3 fully saturated rings. The molecule has 1 unspecified atom stereocenters. The third-order valence-corrected chi connectivity index (χ3v) is 6.12. The monoisotopic (exact) mass is 340 g/mol. The second kappa shape index (κ2) is 6.09. The highest BCUT2D eigenvalue weighted by molar-refractivity contribution is 5.83. The van der Waals surface area contributed by atoms with Crippen LogP contribution in [0.2, 0.25) is 0 Å². The third-order valence-electron chi connectivity index (χ3n) is 6.12. The van der Waals surface area contributed by atoms with E-state index in [0.717, 1.165) is 35.1 Å². The van der Waals surface area contributed by atoms with Crippen LogP contribution < -0.4 is 4.74 Å². The smallest absolute Gasteiger partial charge is 0.132 e.